The van der Waals surface area contributed by atoms with Crippen molar-refractivity contribution in [3.8, 4) is 0 Å². The summed E-state index contributed by atoms with van der Waals surface area (Å²) in [6.07, 6.45) is 9.39. The number of hydrogen-bond donors (Lipinski definition) is 3. The number of esters is 1. The van der Waals surface area contributed by atoms with Crippen molar-refractivity contribution >= 4 is 74.1 Å². The molecule has 5 rings (SSSR count). The van der Waals surface area contributed by atoms with Crippen LogP contribution in [0.3, 0.4) is 0 Å². The molecule has 324 valence electrons. The molecule has 0 aliphatic carbocycles. The number of nitrogens with zero attached hydrogens (tertiary/aromatic N) is 2. The van der Waals surface area contributed by atoms with E-state index in [4.69, 9.17) is 20.3 Å². The van der Waals surface area contributed by atoms with E-state index < -0.39 is 17.2 Å². The first-order valence-corrected chi connectivity index (χ1v) is 23.5. The Kier molecular flexibility index (Phi) is 21.9. The van der Waals surface area contributed by atoms with Gasteiger partial charge in [-0.25, -0.2) is 0 Å². The number of aryl methyl sites for hydroxylation is 1. The van der Waals surface area contributed by atoms with Crippen LogP contribution in [0.25, 0.3) is 21.5 Å². The Bertz CT molecular complexity index is 2100. The Balaban J connectivity index is 0.000000263. The number of carboxylic acid groups (broad SMARTS) is 1. The van der Waals surface area contributed by atoms with Gasteiger partial charge in [0, 0.05) is 12.8 Å². The monoisotopic (exact) mass is 952 g/mol. The molecule has 0 aliphatic heterocycles. The minimum absolute atomic E-state index is 0.175. The summed E-state index contributed by atoms with van der Waals surface area (Å²) >= 11 is 3.28. The number of carbonyl (C=O) groups excluding carboxylic acids is 2. The van der Waals surface area contributed by atoms with Crippen LogP contribution in [-0.2, 0) is 38.3 Å². The Morgan fingerprint density at radius 2 is 1.22 bits per heavy atom. The van der Waals surface area contributed by atoms with Crippen molar-refractivity contribution in [3.05, 3.63) is 105 Å². The second kappa shape index (κ2) is 26.2. The summed E-state index contributed by atoms with van der Waals surface area (Å²) in [5.41, 5.74) is 7.31. The van der Waals surface area contributed by atoms with Crippen LogP contribution in [0.1, 0.15) is 120 Å². The first-order chi connectivity index (χ1) is 28.5. The van der Waals surface area contributed by atoms with E-state index in [-0.39, 0.29) is 33.0 Å². The average Bonchev–Trinajstić information content (AvgIpc) is 3.63. The van der Waals surface area contributed by atoms with Crippen molar-refractivity contribution in [3.63, 3.8) is 0 Å². The number of carboxylic acids is 1. The van der Waals surface area contributed by atoms with E-state index in [1.165, 1.54) is 46.2 Å². The summed E-state index contributed by atoms with van der Waals surface area (Å²) in [7, 11) is 0. The number of amides is 1. The third-order valence-electron chi connectivity index (χ3n) is 8.80. The molecule has 0 saturated heterocycles. The van der Waals surface area contributed by atoms with Crippen LogP contribution in [0.4, 0.5) is 4.79 Å². The van der Waals surface area contributed by atoms with E-state index in [1.807, 2.05) is 41.5 Å². The molecular formula is C48H64N4O6Se2. The van der Waals surface area contributed by atoms with Crippen molar-refractivity contribution in [1.29, 1.82) is 0 Å². The molecule has 1 heterocycles. The zero-order valence-corrected chi connectivity index (χ0v) is 39.7. The van der Waals surface area contributed by atoms with Gasteiger partial charge < -0.3 is 9.84 Å². The zero-order chi connectivity index (χ0) is 44.0. The van der Waals surface area contributed by atoms with Crippen LogP contribution in [0.5, 0.6) is 0 Å². The van der Waals surface area contributed by atoms with Gasteiger partial charge in [0.05, 0.1) is 0 Å². The molecule has 0 bridgehead atoms. The maximum atomic E-state index is 11.6. The van der Waals surface area contributed by atoms with Crippen LogP contribution >= 0.6 is 0 Å². The summed E-state index contributed by atoms with van der Waals surface area (Å²) in [6.45, 7) is 12.4. The number of nitrogens with one attached hydrogen (secondary N) is 1. The molecule has 4 N–H and O–H groups in total. The summed E-state index contributed by atoms with van der Waals surface area (Å²) < 4.78 is 14.0. The van der Waals surface area contributed by atoms with Crippen LogP contribution in [0, 0.1) is 0 Å². The predicted molar refractivity (Wildman–Crippen MR) is 246 cm³/mol. The number of aliphatic carboxylic acids is 1. The standard InChI is InChI=1S/C23H29N3O2Se.C13H13NSe.C12H22O4/c1-23(2,3)28-22(27)24-14-8-4-5-11-20-25-26-21(29-20)16-17-12-13-18-9-6-7-10-19(18)15-17;14-9-13(15)8-10-5-6-11-3-1-2-4-12(11)7-10;1-12(2,3)16-11(15)9-7-5-4-6-8-10(13)14/h6-7,9-10,12-13,15H,4-5,8,11,14,16H2,1-3H3,(H,24,27);1-7H,8-9,14H2;4-9H2,1-3H3,(H,13,14). The van der Waals surface area contributed by atoms with Gasteiger partial charge in [-0.3, -0.25) is 9.59 Å². The molecule has 0 aliphatic rings. The Morgan fingerprint density at radius 1 is 0.683 bits per heavy atom. The number of ether oxygens (including phenoxy) is 2. The topological polar surface area (TPSA) is 154 Å². The molecule has 1 amide bonds. The predicted octanol–water partition coefficient (Wildman–Crippen LogP) is 8.95. The summed E-state index contributed by atoms with van der Waals surface area (Å²) in [6, 6.07) is 30.0. The van der Waals surface area contributed by atoms with E-state index in [9.17, 15) is 14.4 Å². The second-order valence-electron chi connectivity index (χ2n) is 16.7. The molecule has 0 radical (unpaired) electrons. The molecule has 0 spiro atoms. The summed E-state index contributed by atoms with van der Waals surface area (Å²) in [5, 5.41) is 25.2. The van der Waals surface area contributed by atoms with Gasteiger partial charge in [-0.15, -0.1) is 0 Å². The van der Waals surface area contributed by atoms with E-state index >= 15 is 0 Å². The van der Waals surface area contributed by atoms with Gasteiger partial charge in [-0.1, -0.05) is 12.8 Å². The third kappa shape index (κ3) is 21.9. The number of alkyl carbamates (subject to hydrolysis) is 1. The molecule has 10 nitrogen and oxygen atoms in total. The molecule has 0 saturated carbocycles. The fourth-order valence-corrected chi connectivity index (χ4v) is 8.29. The third-order valence-corrected chi connectivity index (χ3v) is 11.5. The Hall–Kier alpha value is -4.18. The first kappa shape index (κ1) is 50.2. The van der Waals surface area contributed by atoms with Crippen LogP contribution in [-0.4, -0.2) is 92.1 Å². The molecule has 12 heteroatoms. The van der Waals surface area contributed by atoms with Crippen molar-refractivity contribution < 1.29 is 29.0 Å². The summed E-state index contributed by atoms with van der Waals surface area (Å²) in [5.74, 6) is -0.933. The van der Waals surface area contributed by atoms with Gasteiger partial charge >= 0.3 is 288 Å². The number of fused-ring (bicyclic) bond motifs is 2. The number of benzene rings is 4. The molecule has 1 aromatic heterocycles. The molecule has 0 unspecified atom stereocenters. The van der Waals surface area contributed by atoms with Gasteiger partial charge in [-0.05, 0) is 33.6 Å². The fourth-order valence-electron chi connectivity index (χ4n) is 6.01. The Labute approximate surface area is 370 Å². The molecule has 0 fully saturated rings. The number of carbonyl (C=O) groups is 3. The van der Waals surface area contributed by atoms with Gasteiger partial charge in [0.25, 0.3) is 0 Å². The number of rotatable bonds is 18. The van der Waals surface area contributed by atoms with Gasteiger partial charge in [0.2, 0.25) is 0 Å². The average molecular weight is 951 g/mol. The van der Waals surface area contributed by atoms with E-state index in [0.29, 0.717) is 25.9 Å². The van der Waals surface area contributed by atoms with Crippen LogP contribution < -0.4 is 11.1 Å². The molecule has 4 aromatic carbocycles. The maximum absolute atomic E-state index is 11.6. The molecule has 0 atom stereocenters. The Morgan fingerprint density at radius 3 is 1.80 bits per heavy atom. The van der Waals surface area contributed by atoms with Gasteiger partial charge in [0.1, 0.15) is 5.60 Å². The number of hydrogen-bond acceptors (Lipinski definition) is 8. The SMILES string of the molecule is CC(C)(C)OC(=O)CCCCCCC(=O)O.CC(C)(C)OC(=O)NCCCCCc1nnc(Cc2ccc3ccccc3c2)[se]1.NCC(=[Se])Cc1ccc2ccccc2c1. The van der Waals surface area contributed by atoms with E-state index in [2.05, 4.69) is 116 Å². The molecular weight excluding hydrogens is 886 g/mol. The first-order valence-electron chi connectivity index (χ1n) is 20.9. The second-order valence-corrected chi connectivity index (χ2v) is 20.3. The molecule has 60 heavy (non-hydrogen) atoms. The fraction of sp³-hybridized carbons (Fsp3) is 0.458. The van der Waals surface area contributed by atoms with Crippen LogP contribution in [0.2, 0.25) is 0 Å². The van der Waals surface area contributed by atoms with Crippen molar-refractivity contribution in [2.24, 2.45) is 5.73 Å². The normalized spacial score (nSPS) is 11.2. The number of nitrogens with two attached hydrogens (primary N) is 1. The van der Waals surface area contributed by atoms with Crippen molar-refractivity contribution in [2.75, 3.05) is 13.1 Å². The quantitative estimate of drug-likeness (QED) is 0.0444. The van der Waals surface area contributed by atoms with Gasteiger partial charge in [-0.2, -0.15) is 0 Å². The molecule has 5 aromatic rings. The van der Waals surface area contributed by atoms with E-state index in [0.717, 1.165) is 57.8 Å². The van der Waals surface area contributed by atoms with Crippen molar-refractivity contribution in [1.82, 2.24) is 15.5 Å². The van der Waals surface area contributed by atoms with Crippen LogP contribution in [0.15, 0.2) is 84.9 Å². The minimum atomic E-state index is -0.757. The van der Waals surface area contributed by atoms with Crippen molar-refractivity contribution in [2.45, 2.75) is 130 Å². The zero-order valence-electron chi connectivity index (χ0n) is 36.3. The number of unbranched alkanes of at least 4 members (excludes halogenated alkanes) is 5. The summed E-state index contributed by atoms with van der Waals surface area (Å²) in [4.78, 5) is 33.1. The van der Waals surface area contributed by atoms with Gasteiger partial charge in [0.15, 0.2) is 0 Å². The van der Waals surface area contributed by atoms with E-state index in [1.54, 1.807) is 0 Å². The number of aromatic nitrogens is 2.